The first-order valence-electron chi connectivity index (χ1n) is 10.3. The van der Waals surface area contributed by atoms with Crippen LogP contribution in [0.4, 0.5) is 5.69 Å². The molecule has 0 saturated heterocycles. The molecule has 166 valence electrons. The molecular weight excluding hydrogens is 414 g/mol. The summed E-state index contributed by atoms with van der Waals surface area (Å²) >= 11 is 5.29. The van der Waals surface area contributed by atoms with Gasteiger partial charge in [-0.05, 0) is 42.9 Å². The van der Waals surface area contributed by atoms with Gasteiger partial charge in [0.25, 0.3) is 11.8 Å². The smallest absolute Gasteiger partial charge is 0.261 e. The lowest BCUT2D eigenvalue weighted by atomic mass is 10.1. The molecule has 0 aliphatic carbocycles. The van der Waals surface area contributed by atoms with Crippen LogP contribution in [0.5, 0.6) is 5.75 Å². The Hall–Kier alpha value is -2.97. The van der Waals surface area contributed by atoms with Gasteiger partial charge < -0.3 is 20.1 Å². The number of nitrogens with one attached hydrogen (secondary N) is 3. The highest BCUT2D eigenvalue weighted by atomic mass is 32.1. The van der Waals surface area contributed by atoms with Crippen LogP contribution in [0, 0.1) is 0 Å². The van der Waals surface area contributed by atoms with Gasteiger partial charge in [-0.25, -0.2) is 0 Å². The minimum absolute atomic E-state index is 0.0860. The lowest BCUT2D eigenvalue weighted by Gasteiger charge is -2.15. The van der Waals surface area contributed by atoms with Gasteiger partial charge in [0.15, 0.2) is 5.11 Å². The molecule has 0 atom stereocenters. The maximum atomic E-state index is 12.7. The number of amides is 2. The molecule has 0 saturated carbocycles. The highest BCUT2D eigenvalue weighted by molar-refractivity contribution is 7.80. The van der Waals surface area contributed by atoms with Crippen LogP contribution in [0.1, 0.15) is 46.9 Å². The van der Waals surface area contributed by atoms with E-state index < -0.39 is 0 Å². The molecule has 0 heterocycles. The third kappa shape index (κ3) is 7.99. The van der Waals surface area contributed by atoms with Gasteiger partial charge >= 0.3 is 0 Å². The molecule has 31 heavy (non-hydrogen) atoms. The molecule has 2 aromatic carbocycles. The SMILES string of the molecule is CCCCCOc1ccccc1C(=O)NC(=S)Nc1ccccc1C(=O)NCCOC. The molecule has 7 nitrogen and oxygen atoms in total. The van der Waals surface area contributed by atoms with Gasteiger partial charge in [0.2, 0.25) is 0 Å². The van der Waals surface area contributed by atoms with E-state index in [0.717, 1.165) is 19.3 Å². The number of thiocarbonyl (C=S) groups is 1. The summed E-state index contributed by atoms with van der Waals surface area (Å²) in [5.74, 6) is -0.137. The Morgan fingerprint density at radius 1 is 0.935 bits per heavy atom. The summed E-state index contributed by atoms with van der Waals surface area (Å²) in [5.41, 5.74) is 1.30. The normalized spacial score (nSPS) is 10.3. The Kier molecular flexibility index (Phi) is 10.5. The minimum atomic E-state index is -0.384. The Morgan fingerprint density at radius 2 is 1.65 bits per heavy atom. The number of para-hydroxylation sites is 2. The van der Waals surface area contributed by atoms with Gasteiger partial charge in [0, 0.05) is 13.7 Å². The lowest BCUT2D eigenvalue weighted by molar-refractivity contribution is 0.0936. The molecule has 0 aliphatic rings. The quantitative estimate of drug-likeness (QED) is 0.362. The van der Waals surface area contributed by atoms with Crippen molar-refractivity contribution in [3.8, 4) is 5.75 Å². The third-order valence-corrected chi connectivity index (χ3v) is 4.58. The molecule has 0 aliphatic heterocycles. The summed E-state index contributed by atoms with van der Waals surface area (Å²) in [4.78, 5) is 25.1. The first-order chi connectivity index (χ1) is 15.1. The van der Waals surface area contributed by atoms with E-state index in [-0.39, 0.29) is 16.9 Å². The molecule has 0 spiro atoms. The van der Waals surface area contributed by atoms with Crippen LogP contribution in [0.3, 0.4) is 0 Å². The second-order valence-corrected chi connectivity index (χ2v) is 7.16. The predicted molar refractivity (Wildman–Crippen MR) is 126 cm³/mol. The van der Waals surface area contributed by atoms with Crippen LogP contribution < -0.4 is 20.7 Å². The van der Waals surface area contributed by atoms with Crippen LogP contribution >= 0.6 is 12.2 Å². The Labute approximate surface area is 188 Å². The van der Waals surface area contributed by atoms with Gasteiger partial charge in [-0.3, -0.25) is 14.9 Å². The van der Waals surface area contributed by atoms with Crippen molar-refractivity contribution in [3.63, 3.8) is 0 Å². The Morgan fingerprint density at radius 3 is 2.39 bits per heavy atom. The van der Waals surface area contributed by atoms with Gasteiger partial charge in [-0.1, -0.05) is 44.0 Å². The first-order valence-corrected chi connectivity index (χ1v) is 10.7. The molecule has 0 unspecified atom stereocenters. The van der Waals surface area contributed by atoms with Crippen molar-refractivity contribution in [2.45, 2.75) is 26.2 Å². The van der Waals surface area contributed by atoms with Gasteiger partial charge in [-0.15, -0.1) is 0 Å². The van der Waals surface area contributed by atoms with Gasteiger partial charge in [0.1, 0.15) is 5.75 Å². The van der Waals surface area contributed by atoms with E-state index >= 15 is 0 Å². The van der Waals surface area contributed by atoms with E-state index in [1.807, 2.05) is 6.07 Å². The number of benzene rings is 2. The summed E-state index contributed by atoms with van der Waals surface area (Å²) in [5, 5.41) is 8.43. The van der Waals surface area contributed by atoms with E-state index in [1.165, 1.54) is 0 Å². The molecular formula is C23H29N3O4S. The van der Waals surface area contributed by atoms with Crippen LogP contribution in [-0.2, 0) is 4.74 Å². The van der Waals surface area contributed by atoms with Crippen LogP contribution in [-0.4, -0.2) is 43.8 Å². The number of carbonyl (C=O) groups excluding carboxylic acids is 2. The van der Waals surface area contributed by atoms with Crippen molar-refractivity contribution >= 4 is 34.8 Å². The number of carbonyl (C=O) groups is 2. The number of hydrogen-bond donors (Lipinski definition) is 3. The first kappa shape index (κ1) is 24.3. The lowest BCUT2D eigenvalue weighted by Crippen LogP contribution is -2.35. The van der Waals surface area contributed by atoms with Crippen molar-refractivity contribution in [1.29, 1.82) is 0 Å². The van der Waals surface area contributed by atoms with Crippen molar-refractivity contribution in [2.24, 2.45) is 0 Å². The van der Waals surface area contributed by atoms with Crippen LogP contribution in [0.25, 0.3) is 0 Å². The van der Waals surface area contributed by atoms with Crippen molar-refractivity contribution in [3.05, 3.63) is 59.7 Å². The standard InChI is InChI=1S/C23H29N3O4S/c1-3-4-9-15-30-20-13-8-6-11-18(20)22(28)26-23(31)25-19-12-7-5-10-17(19)21(27)24-14-16-29-2/h5-8,10-13H,3-4,9,14-16H2,1-2H3,(H,24,27)(H2,25,26,28,31). The Bertz CT molecular complexity index is 889. The molecule has 0 aromatic heterocycles. The Balaban J connectivity index is 2.01. The number of hydrogen-bond acceptors (Lipinski definition) is 5. The highest BCUT2D eigenvalue weighted by Crippen LogP contribution is 2.19. The summed E-state index contributed by atoms with van der Waals surface area (Å²) in [6, 6.07) is 14.0. The fourth-order valence-electron chi connectivity index (χ4n) is 2.79. The summed E-state index contributed by atoms with van der Waals surface area (Å²) in [6.45, 7) is 3.47. The summed E-state index contributed by atoms with van der Waals surface area (Å²) in [6.07, 6.45) is 3.09. The van der Waals surface area contributed by atoms with Crippen molar-refractivity contribution in [1.82, 2.24) is 10.6 Å². The summed E-state index contributed by atoms with van der Waals surface area (Å²) in [7, 11) is 1.57. The number of unbranched alkanes of at least 4 members (excludes halogenated alkanes) is 2. The van der Waals surface area contributed by atoms with Crippen molar-refractivity contribution in [2.75, 3.05) is 32.2 Å². The molecule has 8 heteroatoms. The summed E-state index contributed by atoms with van der Waals surface area (Å²) < 4.78 is 10.7. The zero-order chi connectivity index (χ0) is 22.5. The predicted octanol–water partition coefficient (Wildman–Crippen LogP) is 3.76. The van der Waals surface area contributed by atoms with E-state index in [9.17, 15) is 9.59 Å². The van der Waals surface area contributed by atoms with Gasteiger partial charge in [-0.2, -0.15) is 0 Å². The topological polar surface area (TPSA) is 88.7 Å². The zero-order valence-electron chi connectivity index (χ0n) is 17.9. The maximum absolute atomic E-state index is 12.7. The van der Waals surface area contributed by atoms with E-state index in [1.54, 1.807) is 49.6 Å². The fourth-order valence-corrected chi connectivity index (χ4v) is 2.99. The zero-order valence-corrected chi connectivity index (χ0v) is 18.7. The molecule has 2 rings (SSSR count). The number of anilines is 1. The number of rotatable bonds is 11. The van der Waals surface area contributed by atoms with Gasteiger partial charge in [0.05, 0.1) is 30.0 Å². The molecule has 0 fully saturated rings. The average Bonchev–Trinajstić information content (AvgIpc) is 2.77. The van der Waals surface area contributed by atoms with Crippen molar-refractivity contribution < 1.29 is 19.1 Å². The monoisotopic (exact) mass is 443 g/mol. The molecule has 2 aromatic rings. The fraction of sp³-hybridized carbons (Fsp3) is 0.348. The maximum Gasteiger partial charge on any atom is 0.261 e. The number of ether oxygens (including phenoxy) is 2. The molecule has 0 radical (unpaired) electrons. The number of methoxy groups -OCH3 is 1. The molecule has 0 bridgehead atoms. The minimum Gasteiger partial charge on any atom is -0.493 e. The highest BCUT2D eigenvalue weighted by Gasteiger charge is 2.16. The second kappa shape index (κ2) is 13.4. The molecule has 3 N–H and O–H groups in total. The van der Waals surface area contributed by atoms with Crippen LogP contribution in [0.15, 0.2) is 48.5 Å². The van der Waals surface area contributed by atoms with E-state index in [0.29, 0.717) is 42.3 Å². The average molecular weight is 444 g/mol. The second-order valence-electron chi connectivity index (χ2n) is 6.75. The largest absolute Gasteiger partial charge is 0.493 e. The van der Waals surface area contributed by atoms with E-state index in [4.69, 9.17) is 21.7 Å². The third-order valence-electron chi connectivity index (χ3n) is 4.38. The van der Waals surface area contributed by atoms with E-state index in [2.05, 4.69) is 22.9 Å². The van der Waals surface area contributed by atoms with Crippen LogP contribution in [0.2, 0.25) is 0 Å². The molecule has 2 amide bonds.